The van der Waals surface area contributed by atoms with Gasteiger partial charge in [-0.25, -0.2) is 4.39 Å². The van der Waals surface area contributed by atoms with Gasteiger partial charge in [-0.05, 0) is 35.6 Å². The first kappa shape index (κ1) is 12.6. The molecule has 17 heavy (non-hydrogen) atoms. The van der Waals surface area contributed by atoms with E-state index in [2.05, 4.69) is 15.9 Å². The van der Waals surface area contributed by atoms with Crippen molar-refractivity contribution < 1.29 is 9.13 Å². The molecule has 1 unspecified atom stereocenters. The standard InChI is InChI=1S/C13H12BrFOS/c1-16-12-5-6-17-13(12)11(14)8-9-3-2-4-10(15)7-9/h2-7,11H,8H2,1H3. The summed E-state index contributed by atoms with van der Waals surface area (Å²) < 4.78 is 18.3. The maximum atomic E-state index is 13.1. The van der Waals surface area contributed by atoms with Crippen molar-refractivity contribution in [1.82, 2.24) is 0 Å². The lowest BCUT2D eigenvalue weighted by Crippen LogP contribution is -1.96. The Kier molecular flexibility index (Phi) is 4.18. The molecule has 0 saturated heterocycles. The molecule has 2 rings (SSSR count). The Morgan fingerprint density at radius 3 is 2.94 bits per heavy atom. The van der Waals surface area contributed by atoms with Crippen molar-refractivity contribution in [2.75, 3.05) is 7.11 Å². The first-order valence-corrected chi connectivity index (χ1v) is 7.00. The van der Waals surface area contributed by atoms with Gasteiger partial charge in [-0.1, -0.05) is 28.1 Å². The monoisotopic (exact) mass is 314 g/mol. The third kappa shape index (κ3) is 3.07. The summed E-state index contributed by atoms with van der Waals surface area (Å²) >= 11 is 5.27. The summed E-state index contributed by atoms with van der Waals surface area (Å²) in [7, 11) is 1.66. The maximum Gasteiger partial charge on any atom is 0.133 e. The van der Waals surface area contributed by atoms with Crippen LogP contribution in [0.1, 0.15) is 15.3 Å². The molecule has 0 spiro atoms. The molecule has 90 valence electrons. The molecule has 0 aliphatic carbocycles. The molecule has 2 aromatic rings. The number of ether oxygens (including phenoxy) is 1. The van der Waals surface area contributed by atoms with Crippen LogP contribution in [0.3, 0.4) is 0 Å². The quantitative estimate of drug-likeness (QED) is 0.751. The third-order valence-corrected chi connectivity index (χ3v) is 4.56. The fourth-order valence-corrected chi connectivity index (χ4v) is 3.43. The second-order valence-corrected chi connectivity index (χ2v) is 5.71. The van der Waals surface area contributed by atoms with Crippen molar-refractivity contribution in [3.63, 3.8) is 0 Å². The second kappa shape index (κ2) is 5.65. The second-order valence-electron chi connectivity index (χ2n) is 3.65. The highest BCUT2D eigenvalue weighted by atomic mass is 79.9. The van der Waals surface area contributed by atoms with E-state index in [0.29, 0.717) is 0 Å². The minimum Gasteiger partial charge on any atom is -0.496 e. The molecule has 0 saturated carbocycles. The molecule has 1 heterocycles. The van der Waals surface area contributed by atoms with E-state index in [4.69, 9.17) is 4.74 Å². The number of alkyl halides is 1. The molecule has 0 N–H and O–H groups in total. The van der Waals surface area contributed by atoms with E-state index >= 15 is 0 Å². The molecule has 4 heteroatoms. The van der Waals surface area contributed by atoms with Gasteiger partial charge in [0, 0.05) is 0 Å². The van der Waals surface area contributed by atoms with Gasteiger partial charge in [0.05, 0.1) is 16.8 Å². The van der Waals surface area contributed by atoms with Crippen molar-refractivity contribution in [2.45, 2.75) is 11.2 Å². The number of hydrogen-bond donors (Lipinski definition) is 0. The Morgan fingerprint density at radius 2 is 2.24 bits per heavy atom. The summed E-state index contributed by atoms with van der Waals surface area (Å²) in [5, 5.41) is 1.99. The topological polar surface area (TPSA) is 9.23 Å². The summed E-state index contributed by atoms with van der Waals surface area (Å²) in [6.07, 6.45) is 0.745. The van der Waals surface area contributed by atoms with Gasteiger partial charge in [0.25, 0.3) is 0 Å². The van der Waals surface area contributed by atoms with Crippen LogP contribution in [-0.2, 0) is 6.42 Å². The number of hydrogen-bond acceptors (Lipinski definition) is 2. The van der Waals surface area contributed by atoms with E-state index in [0.717, 1.165) is 22.6 Å². The Bertz CT molecular complexity index is 498. The van der Waals surface area contributed by atoms with E-state index in [9.17, 15) is 4.39 Å². The normalized spacial score (nSPS) is 12.4. The predicted molar refractivity (Wildman–Crippen MR) is 72.6 cm³/mol. The van der Waals surface area contributed by atoms with Crippen molar-refractivity contribution in [3.05, 3.63) is 52.0 Å². The van der Waals surface area contributed by atoms with Crippen LogP contribution in [0.25, 0.3) is 0 Å². The molecular weight excluding hydrogens is 303 g/mol. The van der Waals surface area contributed by atoms with Gasteiger partial charge in [-0.3, -0.25) is 0 Å². The van der Waals surface area contributed by atoms with Crippen LogP contribution in [0.5, 0.6) is 5.75 Å². The van der Waals surface area contributed by atoms with Crippen molar-refractivity contribution in [1.29, 1.82) is 0 Å². The van der Waals surface area contributed by atoms with Crippen LogP contribution < -0.4 is 4.74 Å². The van der Waals surface area contributed by atoms with Crippen LogP contribution in [0.15, 0.2) is 35.7 Å². The Morgan fingerprint density at radius 1 is 1.41 bits per heavy atom. The molecule has 0 aliphatic heterocycles. The number of methoxy groups -OCH3 is 1. The zero-order valence-corrected chi connectivity index (χ0v) is 11.7. The number of halogens is 2. The molecule has 0 aliphatic rings. The van der Waals surface area contributed by atoms with Gasteiger partial charge in [0.1, 0.15) is 11.6 Å². The number of benzene rings is 1. The molecule has 1 nitrogen and oxygen atoms in total. The summed E-state index contributed by atoms with van der Waals surface area (Å²) in [4.78, 5) is 1.29. The highest BCUT2D eigenvalue weighted by molar-refractivity contribution is 9.09. The maximum absolute atomic E-state index is 13.1. The summed E-state index contributed by atoms with van der Waals surface area (Å²) in [5.41, 5.74) is 0.974. The van der Waals surface area contributed by atoms with E-state index in [-0.39, 0.29) is 10.6 Å². The van der Waals surface area contributed by atoms with Gasteiger partial charge in [0.2, 0.25) is 0 Å². The number of thiophene rings is 1. The molecule has 0 fully saturated rings. The first-order chi connectivity index (χ1) is 8.20. The highest BCUT2D eigenvalue weighted by Crippen LogP contribution is 2.37. The molecule has 1 aromatic carbocycles. The number of rotatable bonds is 4. The van der Waals surface area contributed by atoms with Crippen molar-refractivity contribution in [2.24, 2.45) is 0 Å². The first-order valence-electron chi connectivity index (χ1n) is 5.20. The van der Waals surface area contributed by atoms with Crippen LogP contribution in [-0.4, -0.2) is 7.11 Å². The molecule has 1 atom stereocenters. The Hall–Kier alpha value is -0.870. The smallest absolute Gasteiger partial charge is 0.133 e. The van der Waals surface area contributed by atoms with E-state index in [1.165, 1.54) is 6.07 Å². The van der Waals surface area contributed by atoms with E-state index < -0.39 is 0 Å². The zero-order valence-electron chi connectivity index (χ0n) is 9.32. The average molecular weight is 315 g/mol. The predicted octanol–water partition coefficient (Wildman–Crippen LogP) is 4.57. The summed E-state index contributed by atoms with van der Waals surface area (Å²) in [6.45, 7) is 0. The van der Waals surface area contributed by atoms with Crippen LogP contribution in [0.2, 0.25) is 0 Å². The molecule has 0 bridgehead atoms. The molecule has 0 radical (unpaired) electrons. The Balaban J connectivity index is 2.14. The largest absolute Gasteiger partial charge is 0.496 e. The van der Waals surface area contributed by atoms with Crippen molar-refractivity contribution in [3.8, 4) is 5.75 Å². The van der Waals surface area contributed by atoms with E-state index in [1.54, 1.807) is 30.6 Å². The lowest BCUT2D eigenvalue weighted by Gasteiger charge is -2.10. The third-order valence-electron chi connectivity index (χ3n) is 2.47. The lowest BCUT2D eigenvalue weighted by atomic mass is 10.1. The van der Waals surface area contributed by atoms with Gasteiger partial charge in [-0.2, -0.15) is 0 Å². The van der Waals surface area contributed by atoms with Gasteiger partial charge >= 0.3 is 0 Å². The zero-order chi connectivity index (χ0) is 12.3. The molecular formula is C13H12BrFOS. The fraction of sp³-hybridized carbons (Fsp3) is 0.231. The Labute approximate surface area is 112 Å². The van der Waals surface area contributed by atoms with Gasteiger partial charge in [0.15, 0.2) is 0 Å². The van der Waals surface area contributed by atoms with Crippen molar-refractivity contribution >= 4 is 27.3 Å². The van der Waals surface area contributed by atoms with Crippen LogP contribution >= 0.6 is 27.3 Å². The SMILES string of the molecule is COc1ccsc1C(Br)Cc1cccc(F)c1. The summed E-state index contributed by atoms with van der Waals surface area (Å²) in [5.74, 6) is 0.689. The van der Waals surface area contributed by atoms with Crippen LogP contribution in [0.4, 0.5) is 4.39 Å². The lowest BCUT2D eigenvalue weighted by molar-refractivity contribution is 0.412. The minimum atomic E-state index is -0.194. The highest BCUT2D eigenvalue weighted by Gasteiger charge is 2.15. The summed E-state index contributed by atoms with van der Waals surface area (Å²) in [6, 6.07) is 8.63. The van der Waals surface area contributed by atoms with Crippen LogP contribution in [0, 0.1) is 5.82 Å². The minimum absolute atomic E-state index is 0.152. The fourth-order valence-electron chi connectivity index (χ4n) is 1.67. The van der Waals surface area contributed by atoms with E-state index in [1.807, 2.05) is 17.5 Å². The molecule has 0 amide bonds. The molecule has 1 aromatic heterocycles. The van der Waals surface area contributed by atoms with Gasteiger partial charge in [-0.15, -0.1) is 11.3 Å². The van der Waals surface area contributed by atoms with Gasteiger partial charge < -0.3 is 4.74 Å². The average Bonchev–Trinajstić information content (AvgIpc) is 2.77.